The quantitative estimate of drug-likeness (QED) is 0.853. The fourth-order valence-electron chi connectivity index (χ4n) is 2.33. The molecule has 108 valence electrons. The number of anilines is 1. The molecular formula is C15H13ClN2O2S. The number of hydrogen-bond acceptors (Lipinski definition) is 3. The first-order chi connectivity index (χ1) is 10.1. The molecule has 0 N–H and O–H groups in total. The topological polar surface area (TPSA) is 40.6 Å². The Morgan fingerprint density at radius 2 is 2.10 bits per heavy atom. The third kappa shape index (κ3) is 2.94. The van der Waals surface area contributed by atoms with Crippen molar-refractivity contribution in [3.63, 3.8) is 0 Å². The van der Waals surface area contributed by atoms with E-state index in [2.05, 4.69) is 0 Å². The molecule has 0 atom stereocenters. The second-order valence-electron chi connectivity index (χ2n) is 4.76. The Bertz CT molecular complexity index is 672. The second kappa shape index (κ2) is 5.87. The molecular weight excluding hydrogens is 308 g/mol. The molecule has 1 aliphatic rings. The summed E-state index contributed by atoms with van der Waals surface area (Å²) in [7, 11) is 0. The van der Waals surface area contributed by atoms with Crippen LogP contribution >= 0.6 is 22.9 Å². The Hall–Kier alpha value is -1.85. The molecule has 1 fully saturated rings. The number of amides is 2. The lowest BCUT2D eigenvalue weighted by molar-refractivity contribution is -0.120. The molecule has 1 aromatic heterocycles. The van der Waals surface area contributed by atoms with Crippen molar-refractivity contribution in [2.24, 2.45) is 0 Å². The smallest absolute Gasteiger partial charge is 0.255 e. The summed E-state index contributed by atoms with van der Waals surface area (Å²) >= 11 is 7.43. The molecule has 2 aromatic rings. The summed E-state index contributed by atoms with van der Waals surface area (Å²) in [6.45, 7) is 1.10. The second-order valence-corrected chi connectivity index (χ2v) is 5.98. The van der Waals surface area contributed by atoms with Gasteiger partial charge in [0.25, 0.3) is 5.91 Å². The van der Waals surface area contributed by atoms with Crippen LogP contribution < -0.4 is 4.90 Å². The highest BCUT2D eigenvalue weighted by Crippen LogP contribution is 2.22. The molecule has 0 saturated carbocycles. The van der Waals surface area contributed by atoms with Crippen LogP contribution in [0.5, 0.6) is 0 Å². The predicted molar refractivity (Wildman–Crippen MR) is 84.0 cm³/mol. The number of piperazine rings is 1. The highest BCUT2D eigenvalue weighted by Gasteiger charge is 2.28. The number of rotatable bonds is 2. The Morgan fingerprint density at radius 3 is 2.76 bits per heavy atom. The van der Waals surface area contributed by atoms with Gasteiger partial charge in [-0.25, -0.2) is 0 Å². The van der Waals surface area contributed by atoms with E-state index in [9.17, 15) is 9.59 Å². The van der Waals surface area contributed by atoms with E-state index >= 15 is 0 Å². The minimum atomic E-state index is -0.0907. The average molecular weight is 321 g/mol. The van der Waals surface area contributed by atoms with Crippen molar-refractivity contribution >= 4 is 40.4 Å². The van der Waals surface area contributed by atoms with Crippen LogP contribution in [0.15, 0.2) is 41.1 Å². The molecule has 0 unspecified atom stereocenters. The summed E-state index contributed by atoms with van der Waals surface area (Å²) in [6.07, 6.45) is 0. The maximum absolute atomic E-state index is 12.3. The highest BCUT2D eigenvalue weighted by molar-refractivity contribution is 7.08. The van der Waals surface area contributed by atoms with Crippen LogP contribution in [-0.2, 0) is 4.79 Å². The summed E-state index contributed by atoms with van der Waals surface area (Å²) < 4.78 is 0. The number of nitrogens with zero attached hydrogens (tertiary/aromatic N) is 2. The Morgan fingerprint density at radius 1 is 1.24 bits per heavy atom. The number of hydrogen-bond donors (Lipinski definition) is 0. The first kappa shape index (κ1) is 14.1. The zero-order valence-corrected chi connectivity index (χ0v) is 12.7. The Balaban J connectivity index is 1.73. The van der Waals surface area contributed by atoms with E-state index in [0.29, 0.717) is 23.7 Å². The fraction of sp³-hybridized carbons (Fsp3) is 0.200. The van der Waals surface area contributed by atoms with Gasteiger partial charge in [0.2, 0.25) is 5.91 Å². The summed E-state index contributed by atoms with van der Waals surface area (Å²) in [5.74, 6) is -0.178. The third-order valence-electron chi connectivity index (χ3n) is 3.40. The molecule has 1 aliphatic heterocycles. The van der Waals surface area contributed by atoms with Crippen LogP contribution in [0.4, 0.5) is 5.69 Å². The van der Waals surface area contributed by atoms with Crippen LogP contribution in [-0.4, -0.2) is 36.3 Å². The van der Waals surface area contributed by atoms with Gasteiger partial charge in [0.1, 0.15) is 6.54 Å². The molecule has 6 heteroatoms. The summed E-state index contributed by atoms with van der Waals surface area (Å²) in [5, 5.41) is 4.25. The summed E-state index contributed by atoms with van der Waals surface area (Å²) in [6, 6.07) is 8.97. The highest BCUT2D eigenvalue weighted by atomic mass is 35.5. The molecule has 0 bridgehead atoms. The molecule has 2 heterocycles. The van der Waals surface area contributed by atoms with Crippen molar-refractivity contribution in [3.05, 3.63) is 51.7 Å². The van der Waals surface area contributed by atoms with Gasteiger partial charge in [-0.2, -0.15) is 11.3 Å². The zero-order valence-electron chi connectivity index (χ0n) is 11.2. The third-order valence-corrected chi connectivity index (χ3v) is 4.31. The van der Waals surface area contributed by atoms with Crippen molar-refractivity contribution < 1.29 is 9.59 Å². The van der Waals surface area contributed by atoms with Crippen LogP contribution in [0.25, 0.3) is 0 Å². The van der Waals surface area contributed by atoms with E-state index in [-0.39, 0.29) is 18.4 Å². The number of carbonyl (C=O) groups is 2. The van der Waals surface area contributed by atoms with E-state index in [4.69, 9.17) is 11.6 Å². The van der Waals surface area contributed by atoms with Crippen molar-refractivity contribution in [3.8, 4) is 0 Å². The van der Waals surface area contributed by atoms with Crippen molar-refractivity contribution in [1.82, 2.24) is 4.90 Å². The lowest BCUT2D eigenvalue weighted by Crippen LogP contribution is -2.52. The van der Waals surface area contributed by atoms with Gasteiger partial charge in [0.15, 0.2) is 0 Å². The first-order valence-corrected chi connectivity index (χ1v) is 7.84. The van der Waals surface area contributed by atoms with Gasteiger partial charge in [0, 0.05) is 29.2 Å². The normalized spacial score (nSPS) is 15.4. The summed E-state index contributed by atoms with van der Waals surface area (Å²) in [4.78, 5) is 27.8. The molecule has 4 nitrogen and oxygen atoms in total. The van der Waals surface area contributed by atoms with Crippen LogP contribution in [0, 0.1) is 0 Å². The van der Waals surface area contributed by atoms with Gasteiger partial charge in [0.05, 0.1) is 5.56 Å². The fourth-order valence-corrected chi connectivity index (χ4v) is 3.15. The van der Waals surface area contributed by atoms with E-state index in [0.717, 1.165) is 5.69 Å². The van der Waals surface area contributed by atoms with Gasteiger partial charge in [-0.3, -0.25) is 9.59 Å². The maximum Gasteiger partial charge on any atom is 0.255 e. The van der Waals surface area contributed by atoms with Gasteiger partial charge >= 0.3 is 0 Å². The molecule has 0 spiro atoms. The van der Waals surface area contributed by atoms with Gasteiger partial charge in [-0.05, 0) is 29.6 Å². The monoisotopic (exact) mass is 320 g/mol. The standard InChI is InChI=1S/C15H13ClN2O2S/c16-12-2-1-3-13(8-12)18-6-5-17(9-14(18)19)15(20)11-4-7-21-10-11/h1-4,7-8,10H,5-6,9H2. The largest absolute Gasteiger partial charge is 0.328 e. The number of halogens is 1. The molecule has 0 radical (unpaired) electrons. The molecule has 0 aliphatic carbocycles. The van der Waals surface area contributed by atoms with E-state index in [1.165, 1.54) is 11.3 Å². The van der Waals surface area contributed by atoms with Crippen molar-refractivity contribution in [2.75, 3.05) is 24.5 Å². The zero-order chi connectivity index (χ0) is 14.8. The van der Waals surface area contributed by atoms with Crippen molar-refractivity contribution in [1.29, 1.82) is 0 Å². The Labute approximate surface area is 131 Å². The first-order valence-electron chi connectivity index (χ1n) is 6.52. The van der Waals surface area contributed by atoms with Crippen LogP contribution in [0.3, 0.4) is 0 Å². The number of benzene rings is 1. The predicted octanol–water partition coefficient (Wildman–Crippen LogP) is 2.89. The van der Waals surface area contributed by atoms with Crippen molar-refractivity contribution in [2.45, 2.75) is 0 Å². The number of thiophene rings is 1. The van der Waals surface area contributed by atoms with Crippen LogP contribution in [0.2, 0.25) is 5.02 Å². The average Bonchev–Trinajstić information content (AvgIpc) is 3.00. The van der Waals surface area contributed by atoms with Crippen LogP contribution in [0.1, 0.15) is 10.4 Å². The maximum atomic E-state index is 12.3. The minimum Gasteiger partial charge on any atom is -0.328 e. The lowest BCUT2D eigenvalue weighted by atomic mass is 10.2. The lowest BCUT2D eigenvalue weighted by Gasteiger charge is -2.34. The van der Waals surface area contributed by atoms with Gasteiger partial charge in [-0.15, -0.1) is 0 Å². The van der Waals surface area contributed by atoms with E-state index in [1.54, 1.807) is 33.4 Å². The van der Waals surface area contributed by atoms with E-state index < -0.39 is 0 Å². The summed E-state index contributed by atoms with van der Waals surface area (Å²) in [5.41, 5.74) is 1.42. The van der Waals surface area contributed by atoms with E-state index in [1.807, 2.05) is 17.5 Å². The number of carbonyl (C=O) groups excluding carboxylic acids is 2. The molecule has 1 saturated heterocycles. The molecule has 21 heavy (non-hydrogen) atoms. The van der Waals surface area contributed by atoms with Gasteiger partial charge < -0.3 is 9.80 Å². The SMILES string of the molecule is O=C(c1ccsc1)N1CCN(c2cccc(Cl)c2)C(=O)C1. The minimum absolute atomic E-state index is 0.0876. The Kier molecular flexibility index (Phi) is 3.94. The molecule has 3 rings (SSSR count). The van der Waals surface area contributed by atoms with Gasteiger partial charge in [-0.1, -0.05) is 17.7 Å². The molecule has 1 aromatic carbocycles. The molecule has 2 amide bonds.